The van der Waals surface area contributed by atoms with Crippen molar-refractivity contribution >= 4 is 29.3 Å². The molecule has 0 saturated carbocycles. The molecular weight excluding hydrogens is 275 g/mol. The molecule has 1 saturated heterocycles. The molecule has 2 N–H and O–H groups in total. The highest BCUT2D eigenvalue weighted by Gasteiger charge is 2.33. The fourth-order valence-corrected chi connectivity index (χ4v) is 2.15. The van der Waals surface area contributed by atoms with Gasteiger partial charge in [0, 0.05) is 12.2 Å². The van der Waals surface area contributed by atoms with E-state index in [1.54, 1.807) is 0 Å². The van der Waals surface area contributed by atoms with E-state index in [1.807, 2.05) is 0 Å². The molecule has 5 nitrogen and oxygen atoms in total. The number of nitrogens with zero attached hydrogens (tertiary/aromatic N) is 1. The molecule has 2 amide bonds. The number of nitrogens with one attached hydrogen (secondary N) is 1. The van der Waals surface area contributed by atoms with Crippen LogP contribution in [0.5, 0.6) is 0 Å². The maximum atomic E-state index is 13.2. The Balaban J connectivity index is 2.08. The van der Waals surface area contributed by atoms with Gasteiger partial charge in [-0.1, -0.05) is 11.6 Å². The van der Waals surface area contributed by atoms with Gasteiger partial charge in [-0.2, -0.15) is 0 Å². The third-order valence-electron chi connectivity index (χ3n) is 2.97. The maximum absolute atomic E-state index is 13.2. The second kappa shape index (κ2) is 5.44. The summed E-state index contributed by atoms with van der Waals surface area (Å²) in [5.74, 6) is -1.68. The zero-order chi connectivity index (χ0) is 14.0. The van der Waals surface area contributed by atoms with Crippen LogP contribution in [0, 0.1) is 5.82 Å². The van der Waals surface area contributed by atoms with Crippen LogP contribution in [-0.4, -0.2) is 34.6 Å². The number of rotatable bonds is 2. The zero-order valence-electron chi connectivity index (χ0n) is 9.90. The van der Waals surface area contributed by atoms with Gasteiger partial charge in [0.1, 0.15) is 11.9 Å². The molecule has 1 fully saturated rings. The highest BCUT2D eigenvalue weighted by atomic mass is 35.5. The van der Waals surface area contributed by atoms with Crippen LogP contribution in [0.25, 0.3) is 0 Å². The van der Waals surface area contributed by atoms with Gasteiger partial charge in [0.25, 0.3) is 0 Å². The molecule has 0 bridgehead atoms. The molecule has 1 unspecified atom stereocenters. The average molecular weight is 287 g/mol. The molecule has 19 heavy (non-hydrogen) atoms. The van der Waals surface area contributed by atoms with Crippen molar-refractivity contribution < 1.29 is 19.1 Å². The lowest BCUT2D eigenvalue weighted by Crippen LogP contribution is -2.42. The Hall–Kier alpha value is -1.82. The van der Waals surface area contributed by atoms with Crippen LogP contribution in [0.3, 0.4) is 0 Å². The lowest BCUT2D eigenvalue weighted by molar-refractivity contribution is -0.141. The normalized spacial score (nSPS) is 18.4. The van der Waals surface area contributed by atoms with Crippen molar-refractivity contribution in [1.82, 2.24) is 4.90 Å². The Kier molecular flexibility index (Phi) is 3.90. The first-order chi connectivity index (χ1) is 8.99. The van der Waals surface area contributed by atoms with Gasteiger partial charge in [0.15, 0.2) is 0 Å². The fraction of sp³-hybridized carbons (Fsp3) is 0.333. The molecule has 0 aromatic heterocycles. The molecule has 1 aliphatic rings. The molecule has 0 radical (unpaired) electrons. The number of likely N-dealkylation sites (tertiary alicyclic amines) is 1. The minimum atomic E-state index is -1.03. The summed E-state index contributed by atoms with van der Waals surface area (Å²) in [5, 5.41) is 11.4. The van der Waals surface area contributed by atoms with Crippen molar-refractivity contribution in [3.8, 4) is 0 Å². The van der Waals surface area contributed by atoms with E-state index in [2.05, 4.69) is 5.32 Å². The van der Waals surface area contributed by atoms with Gasteiger partial charge >= 0.3 is 12.0 Å². The number of carboxylic acid groups (broad SMARTS) is 1. The number of hydrogen-bond donors (Lipinski definition) is 2. The Morgan fingerprint density at radius 3 is 2.84 bits per heavy atom. The van der Waals surface area contributed by atoms with Crippen LogP contribution in [0.1, 0.15) is 12.8 Å². The van der Waals surface area contributed by atoms with E-state index in [4.69, 9.17) is 16.7 Å². The van der Waals surface area contributed by atoms with Crippen molar-refractivity contribution in [3.63, 3.8) is 0 Å². The van der Waals surface area contributed by atoms with Gasteiger partial charge in [0.05, 0.1) is 5.02 Å². The molecule has 2 rings (SSSR count). The van der Waals surface area contributed by atoms with E-state index >= 15 is 0 Å². The van der Waals surface area contributed by atoms with Crippen molar-refractivity contribution in [2.75, 3.05) is 11.9 Å². The first kappa shape index (κ1) is 13.6. The smallest absolute Gasteiger partial charge is 0.326 e. The third-order valence-corrected chi connectivity index (χ3v) is 3.28. The molecule has 1 heterocycles. The first-order valence-electron chi connectivity index (χ1n) is 5.74. The lowest BCUT2D eigenvalue weighted by atomic mass is 10.2. The van der Waals surface area contributed by atoms with Crippen LogP contribution in [0.2, 0.25) is 5.02 Å². The number of aliphatic carboxylic acids is 1. The van der Waals surface area contributed by atoms with Gasteiger partial charge < -0.3 is 15.3 Å². The summed E-state index contributed by atoms with van der Waals surface area (Å²) in [4.78, 5) is 24.1. The van der Waals surface area contributed by atoms with Crippen molar-refractivity contribution in [2.24, 2.45) is 0 Å². The highest BCUT2D eigenvalue weighted by Crippen LogP contribution is 2.21. The molecule has 7 heteroatoms. The summed E-state index contributed by atoms with van der Waals surface area (Å²) in [6, 6.07) is 2.50. The molecule has 1 atom stereocenters. The lowest BCUT2D eigenvalue weighted by Gasteiger charge is -2.21. The van der Waals surface area contributed by atoms with E-state index in [0.29, 0.717) is 19.4 Å². The summed E-state index contributed by atoms with van der Waals surface area (Å²) < 4.78 is 13.2. The first-order valence-corrected chi connectivity index (χ1v) is 6.12. The molecule has 1 aromatic carbocycles. The van der Waals surface area contributed by atoms with E-state index in [1.165, 1.54) is 17.0 Å². The Bertz CT molecular complexity index is 524. The molecule has 102 valence electrons. The molecular formula is C12H12ClFN2O3. The van der Waals surface area contributed by atoms with Gasteiger partial charge in [-0.3, -0.25) is 0 Å². The fourth-order valence-electron chi connectivity index (χ4n) is 2.04. The SMILES string of the molecule is O=C(O)C1CCCN1C(=O)Nc1ccc(Cl)c(F)c1. The van der Waals surface area contributed by atoms with Crippen LogP contribution < -0.4 is 5.32 Å². The van der Waals surface area contributed by atoms with Gasteiger partial charge in [-0.15, -0.1) is 0 Å². The number of halogens is 2. The number of benzene rings is 1. The topological polar surface area (TPSA) is 69.6 Å². The van der Waals surface area contributed by atoms with Gasteiger partial charge in [0.2, 0.25) is 0 Å². The average Bonchev–Trinajstić information content (AvgIpc) is 2.83. The number of carbonyl (C=O) groups excluding carboxylic acids is 1. The Morgan fingerprint density at radius 1 is 1.47 bits per heavy atom. The van der Waals surface area contributed by atoms with E-state index < -0.39 is 23.9 Å². The Morgan fingerprint density at radius 2 is 2.21 bits per heavy atom. The summed E-state index contributed by atoms with van der Waals surface area (Å²) in [6.07, 6.45) is 1.07. The summed E-state index contributed by atoms with van der Waals surface area (Å²) in [5.41, 5.74) is 0.239. The summed E-state index contributed by atoms with van der Waals surface area (Å²) in [7, 11) is 0. The minimum Gasteiger partial charge on any atom is -0.480 e. The standard InChI is InChI=1S/C12H12ClFN2O3/c13-8-4-3-7(6-9(8)14)15-12(19)16-5-1-2-10(16)11(17)18/h3-4,6,10H,1-2,5H2,(H,15,19)(H,17,18). The van der Waals surface area contributed by atoms with Gasteiger partial charge in [-0.05, 0) is 31.0 Å². The van der Waals surface area contributed by atoms with E-state index in [0.717, 1.165) is 6.07 Å². The number of amides is 2. The monoisotopic (exact) mass is 286 g/mol. The predicted octanol–water partition coefficient (Wildman–Crippen LogP) is 2.56. The molecule has 1 aromatic rings. The third kappa shape index (κ3) is 2.96. The van der Waals surface area contributed by atoms with Crippen LogP contribution in [-0.2, 0) is 4.79 Å². The van der Waals surface area contributed by atoms with E-state index in [-0.39, 0.29) is 10.7 Å². The van der Waals surface area contributed by atoms with Crippen molar-refractivity contribution in [2.45, 2.75) is 18.9 Å². The molecule has 0 spiro atoms. The summed E-state index contributed by atoms with van der Waals surface area (Å²) >= 11 is 5.53. The van der Waals surface area contributed by atoms with Crippen LogP contribution in [0.4, 0.5) is 14.9 Å². The predicted molar refractivity (Wildman–Crippen MR) is 67.8 cm³/mol. The highest BCUT2D eigenvalue weighted by molar-refractivity contribution is 6.30. The van der Waals surface area contributed by atoms with Crippen molar-refractivity contribution in [3.05, 3.63) is 29.0 Å². The number of carbonyl (C=O) groups is 2. The second-order valence-corrected chi connectivity index (χ2v) is 4.66. The zero-order valence-corrected chi connectivity index (χ0v) is 10.7. The van der Waals surface area contributed by atoms with Crippen LogP contribution >= 0.6 is 11.6 Å². The number of anilines is 1. The van der Waals surface area contributed by atoms with Crippen LogP contribution in [0.15, 0.2) is 18.2 Å². The quantitative estimate of drug-likeness (QED) is 0.878. The molecule has 0 aliphatic carbocycles. The number of urea groups is 1. The maximum Gasteiger partial charge on any atom is 0.326 e. The molecule has 1 aliphatic heterocycles. The Labute approximate surface area is 114 Å². The largest absolute Gasteiger partial charge is 0.480 e. The number of hydrogen-bond acceptors (Lipinski definition) is 2. The minimum absolute atomic E-state index is 0.0393. The number of carboxylic acids is 1. The van der Waals surface area contributed by atoms with E-state index in [9.17, 15) is 14.0 Å². The second-order valence-electron chi connectivity index (χ2n) is 4.25. The van der Waals surface area contributed by atoms with Gasteiger partial charge in [-0.25, -0.2) is 14.0 Å². The van der Waals surface area contributed by atoms with Crippen molar-refractivity contribution in [1.29, 1.82) is 0 Å². The summed E-state index contributed by atoms with van der Waals surface area (Å²) in [6.45, 7) is 0.374.